The second-order valence-electron chi connectivity index (χ2n) is 4.65. The van der Waals surface area contributed by atoms with Crippen molar-refractivity contribution in [2.75, 3.05) is 7.11 Å². The predicted octanol–water partition coefficient (Wildman–Crippen LogP) is 2.76. The lowest BCUT2D eigenvalue weighted by molar-refractivity contribution is 0.0953. The number of methoxy groups -OCH3 is 1. The summed E-state index contributed by atoms with van der Waals surface area (Å²) in [5, 5.41) is 0.410. The van der Waals surface area contributed by atoms with E-state index in [-0.39, 0.29) is 4.77 Å². The molecule has 0 aliphatic rings. The second-order valence-corrected chi connectivity index (χ2v) is 5.04. The molecule has 0 amide bonds. The first-order valence-corrected chi connectivity index (χ1v) is 6.95. The minimum atomic E-state index is -0.490. The van der Waals surface area contributed by atoms with Gasteiger partial charge in [0, 0.05) is 5.56 Å². The topological polar surface area (TPSA) is 64.1 Å². The molecule has 5 nitrogen and oxygen atoms in total. The molecular weight excluding hydrogens is 300 g/mol. The molecule has 110 valence electrons. The van der Waals surface area contributed by atoms with Gasteiger partial charge in [0.25, 0.3) is 11.5 Å². The van der Waals surface area contributed by atoms with E-state index in [1.165, 1.54) is 7.11 Å². The van der Waals surface area contributed by atoms with Crippen LogP contribution in [0.5, 0.6) is 5.75 Å². The fourth-order valence-electron chi connectivity index (χ4n) is 2.23. The third-order valence-electron chi connectivity index (χ3n) is 3.33. The van der Waals surface area contributed by atoms with Crippen molar-refractivity contribution in [3.63, 3.8) is 0 Å². The van der Waals surface area contributed by atoms with Gasteiger partial charge in [-0.2, -0.15) is 0 Å². The average molecular weight is 312 g/mol. The first-order valence-electron chi connectivity index (χ1n) is 6.54. The van der Waals surface area contributed by atoms with Crippen LogP contribution in [0.3, 0.4) is 0 Å². The van der Waals surface area contributed by atoms with Gasteiger partial charge in [-0.1, -0.05) is 18.2 Å². The van der Waals surface area contributed by atoms with Crippen LogP contribution in [0.15, 0.2) is 53.3 Å². The summed E-state index contributed by atoms with van der Waals surface area (Å²) in [6.07, 6.45) is 0. The normalized spacial score (nSPS) is 10.6. The maximum atomic E-state index is 12.6. The molecule has 0 saturated heterocycles. The minimum Gasteiger partial charge on any atom is -0.497 e. The van der Waals surface area contributed by atoms with Crippen LogP contribution in [0.1, 0.15) is 10.4 Å². The van der Waals surface area contributed by atoms with E-state index in [2.05, 4.69) is 4.98 Å². The zero-order valence-electron chi connectivity index (χ0n) is 11.7. The summed E-state index contributed by atoms with van der Waals surface area (Å²) in [5.41, 5.74) is 0.496. The number of fused-ring (bicyclic) bond motifs is 1. The van der Waals surface area contributed by atoms with E-state index < -0.39 is 11.5 Å². The number of ether oxygens (including phenoxy) is 1. The van der Waals surface area contributed by atoms with E-state index in [1.54, 1.807) is 48.5 Å². The molecule has 3 rings (SSSR count). The monoisotopic (exact) mass is 312 g/mol. The van der Waals surface area contributed by atoms with E-state index in [9.17, 15) is 9.59 Å². The van der Waals surface area contributed by atoms with Gasteiger partial charge in [-0.3, -0.25) is 9.59 Å². The highest BCUT2D eigenvalue weighted by Gasteiger charge is 2.15. The molecule has 1 heterocycles. The number of nitrogens with one attached hydrogen (secondary N) is 1. The van der Waals surface area contributed by atoms with Crippen LogP contribution in [-0.4, -0.2) is 22.6 Å². The standard InChI is InChI=1S/C16H12N2O3S/c1-21-11-6-4-5-10(9-11)14(19)18-15(20)12-7-2-3-8-13(12)17-16(18)22/h2-9H,1H3,(H,17,22). The number of benzene rings is 2. The second kappa shape index (κ2) is 5.57. The molecule has 1 N–H and O–H groups in total. The molecule has 0 fully saturated rings. The highest BCUT2D eigenvalue weighted by Crippen LogP contribution is 2.14. The molecule has 3 aromatic rings. The SMILES string of the molecule is COc1cccc(C(=O)n2c(=S)[nH]c3ccccc3c2=O)c1. The van der Waals surface area contributed by atoms with Gasteiger partial charge in [0.1, 0.15) is 5.75 Å². The number of carbonyl (C=O) groups excluding carboxylic acids is 1. The maximum absolute atomic E-state index is 12.6. The summed E-state index contributed by atoms with van der Waals surface area (Å²) >= 11 is 5.16. The van der Waals surface area contributed by atoms with Crippen LogP contribution in [0.25, 0.3) is 10.9 Å². The van der Waals surface area contributed by atoms with Gasteiger partial charge in [-0.05, 0) is 42.5 Å². The lowest BCUT2D eigenvalue weighted by atomic mass is 10.2. The number of hydrogen-bond acceptors (Lipinski definition) is 4. The number of carbonyl (C=O) groups is 1. The Labute approximate surface area is 130 Å². The lowest BCUT2D eigenvalue weighted by Crippen LogP contribution is -2.29. The van der Waals surface area contributed by atoms with Crippen molar-refractivity contribution in [3.05, 3.63) is 69.2 Å². The molecule has 0 saturated carbocycles. The summed E-state index contributed by atoms with van der Waals surface area (Å²) in [6, 6.07) is 13.5. The third-order valence-corrected chi connectivity index (χ3v) is 3.61. The highest BCUT2D eigenvalue weighted by molar-refractivity contribution is 7.71. The van der Waals surface area contributed by atoms with Gasteiger partial charge in [-0.25, -0.2) is 4.57 Å². The quantitative estimate of drug-likeness (QED) is 0.739. The molecular formula is C16H12N2O3S. The summed E-state index contributed by atoms with van der Waals surface area (Å²) in [4.78, 5) is 28.1. The van der Waals surface area contributed by atoms with Crippen LogP contribution in [-0.2, 0) is 0 Å². The Morgan fingerprint density at radius 1 is 1.18 bits per heavy atom. The molecule has 1 aromatic heterocycles. The van der Waals surface area contributed by atoms with Crippen LogP contribution in [0, 0.1) is 4.77 Å². The van der Waals surface area contributed by atoms with Crippen molar-refractivity contribution in [3.8, 4) is 5.75 Å². The molecule has 0 aliphatic carbocycles. The summed E-state index contributed by atoms with van der Waals surface area (Å²) in [7, 11) is 1.51. The molecule has 22 heavy (non-hydrogen) atoms. The Morgan fingerprint density at radius 3 is 2.73 bits per heavy atom. The van der Waals surface area contributed by atoms with Crippen molar-refractivity contribution in [2.45, 2.75) is 0 Å². The van der Waals surface area contributed by atoms with Gasteiger partial charge in [-0.15, -0.1) is 0 Å². The molecule has 0 radical (unpaired) electrons. The minimum absolute atomic E-state index is 0.0662. The Hall–Kier alpha value is -2.73. The number of hydrogen-bond donors (Lipinski definition) is 1. The third kappa shape index (κ3) is 2.33. The number of aromatic amines is 1. The predicted molar refractivity (Wildman–Crippen MR) is 86.1 cm³/mol. The summed E-state index contributed by atoms with van der Waals surface area (Å²) in [6.45, 7) is 0. The number of para-hydroxylation sites is 1. The van der Waals surface area contributed by atoms with Crippen molar-refractivity contribution in [2.24, 2.45) is 0 Å². The number of nitrogens with zero attached hydrogens (tertiary/aromatic N) is 1. The van der Waals surface area contributed by atoms with Crippen LogP contribution < -0.4 is 10.3 Å². The largest absolute Gasteiger partial charge is 0.497 e. The van der Waals surface area contributed by atoms with Crippen LogP contribution in [0.2, 0.25) is 0 Å². The van der Waals surface area contributed by atoms with Crippen molar-refractivity contribution >= 4 is 29.0 Å². The molecule has 0 aliphatic heterocycles. The van der Waals surface area contributed by atoms with Crippen molar-refractivity contribution < 1.29 is 9.53 Å². The van der Waals surface area contributed by atoms with Gasteiger partial charge < -0.3 is 9.72 Å². The van der Waals surface area contributed by atoms with Gasteiger partial charge >= 0.3 is 0 Å². The molecule has 0 spiro atoms. The highest BCUT2D eigenvalue weighted by atomic mass is 32.1. The number of H-pyrrole nitrogens is 1. The molecule has 0 unspecified atom stereocenters. The Kier molecular flexibility index (Phi) is 3.60. The van der Waals surface area contributed by atoms with E-state index in [4.69, 9.17) is 17.0 Å². The number of rotatable bonds is 2. The fourth-order valence-corrected chi connectivity index (χ4v) is 2.51. The molecule has 6 heteroatoms. The van der Waals surface area contributed by atoms with Crippen molar-refractivity contribution in [1.82, 2.24) is 9.55 Å². The molecule has 0 bridgehead atoms. The summed E-state index contributed by atoms with van der Waals surface area (Å²) in [5.74, 6) is 0.0467. The summed E-state index contributed by atoms with van der Waals surface area (Å²) < 4.78 is 6.13. The van der Waals surface area contributed by atoms with Gasteiger partial charge in [0.2, 0.25) is 0 Å². The Balaban J connectivity index is 2.23. The van der Waals surface area contributed by atoms with E-state index in [0.29, 0.717) is 22.2 Å². The zero-order chi connectivity index (χ0) is 15.7. The van der Waals surface area contributed by atoms with Crippen LogP contribution >= 0.6 is 12.2 Å². The van der Waals surface area contributed by atoms with E-state index in [1.807, 2.05) is 0 Å². The van der Waals surface area contributed by atoms with E-state index >= 15 is 0 Å². The molecule has 2 aromatic carbocycles. The maximum Gasteiger partial charge on any atom is 0.269 e. The lowest BCUT2D eigenvalue weighted by Gasteiger charge is -2.08. The zero-order valence-corrected chi connectivity index (χ0v) is 12.5. The number of aromatic nitrogens is 2. The van der Waals surface area contributed by atoms with Crippen molar-refractivity contribution in [1.29, 1.82) is 0 Å². The van der Waals surface area contributed by atoms with Gasteiger partial charge in [0.15, 0.2) is 4.77 Å². The average Bonchev–Trinajstić information content (AvgIpc) is 2.54. The Bertz CT molecular complexity index is 988. The first-order chi connectivity index (χ1) is 10.6. The van der Waals surface area contributed by atoms with E-state index in [0.717, 1.165) is 4.57 Å². The Morgan fingerprint density at radius 2 is 1.95 bits per heavy atom. The fraction of sp³-hybridized carbons (Fsp3) is 0.0625. The van der Waals surface area contributed by atoms with Crippen LogP contribution in [0.4, 0.5) is 0 Å². The molecule has 0 atom stereocenters. The van der Waals surface area contributed by atoms with Gasteiger partial charge in [0.05, 0.1) is 18.0 Å². The smallest absolute Gasteiger partial charge is 0.269 e. The first kappa shape index (κ1) is 14.2.